The zero-order chi connectivity index (χ0) is 14.5. The van der Waals surface area contributed by atoms with Gasteiger partial charge in [-0.15, -0.1) is 0 Å². The summed E-state index contributed by atoms with van der Waals surface area (Å²) in [6, 6.07) is 14.0. The van der Waals surface area contributed by atoms with Gasteiger partial charge in [0.15, 0.2) is 0 Å². The molecule has 0 spiro atoms. The van der Waals surface area contributed by atoms with E-state index in [9.17, 15) is 4.39 Å². The first-order chi connectivity index (χ1) is 9.56. The fourth-order valence-electron chi connectivity index (χ4n) is 2.08. The summed E-state index contributed by atoms with van der Waals surface area (Å²) in [6.07, 6.45) is 0.771. The number of halogens is 2. The molecule has 0 radical (unpaired) electrons. The van der Waals surface area contributed by atoms with Crippen LogP contribution < -0.4 is 10.6 Å². The van der Waals surface area contributed by atoms with Crippen LogP contribution in [0.25, 0.3) is 0 Å². The van der Waals surface area contributed by atoms with Crippen molar-refractivity contribution in [1.29, 1.82) is 0 Å². The van der Waals surface area contributed by atoms with Crippen LogP contribution in [0.2, 0.25) is 5.02 Å². The van der Waals surface area contributed by atoms with Crippen molar-refractivity contribution in [2.45, 2.75) is 12.5 Å². The maximum Gasteiger partial charge on any atom is 0.125 e. The number of hydrogen-bond acceptors (Lipinski definition) is 2. The Morgan fingerprint density at radius 2 is 1.95 bits per heavy atom. The minimum Gasteiger partial charge on any atom is -0.374 e. The first kappa shape index (κ1) is 14.8. The second-order valence-electron chi connectivity index (χ2n) is 4.85. The number of hydrogen-bond donors (Lipinski definition) is 1. The summed E-state index contributed by atoms with van der Waals surface area (Å²) in [6.45, 7) is 0.747. The van der Waals surface area contributed by atoms with Gasteiger partial charge in [-0.3, -0.25) is 0 Å². The largest absolute Gasteiger partial charge is 0.374 e. The average molecular weight is 293 g/mol. The molecule has 20 heavy (non-hydrogen) atoms. The highest BCUT2D eigenvalue weighted by atomic mass is 35.5. The van der Waals surface area contributed by atoms with Crippen LogP contribution in [0.4, 0.5) is 10.1 Å². The van der Waals surface area contributed by atoms with E-state index < -0.39 is 0 Å². The molecule has 4 heteroatoms. The first-order valence-corrected chi connectivity index (χ1v) is 6.92. The van der Waals surface area contributed by atoms with Gasteiger partial charge in [0.2, 0.25) is 0 Å². The molecule has 0 heterocycles. The molecule has 2 aromatic carbocycles. The summed E-state index contributed by atoms with van der Waals surface area (Å²) >= 11 is 5.96. The van der Waals surface area contributed by atoms with Crippen LogP contribution in [0.1, 0.15) is 18.0 Å². The zero-order valence-electron chi connectivity index (χ0n) is 11.4. The summed E-state index contributed by atoms with van der Waals surface area (Å²) in [7, 11) is 1.93. The van der Waals surface area contributed by atoms with Gasteiger partial charge in [0, 0.05) is 30.3 Å². The smallest absolute Gasteiger partial charge is 0.125 e. The van der Waals surface area contributed by atoms with Crippen LogP contribution in [-0.4, -0.2) is 13.6 Å². The number of nitrogens with two attached hydrogens (primary N) is 1. The van der Waals surface area contributed by atoms with Crippen molar-refractivity contribution in [1.82, 2.24) is 0 Å². The molecule has 0 aliphatic heterocycles. The van der Waals surface area contributed by atoms with Gasteiger partial charge in [-0.25, -0.2) is 4.39 Å². The number of rotatable bonds is 5. The topological polar surface area (TPSA) is 29.3 Å². The van der Waals surface area contributed by atoms with Crippen LogP contribution in [0, 0.1) is 5.82 Å². The average Bonchev–Trinajstić information content (AvgIpc) is 2.44. The molecular formula is C16H18ClFN2. The van der Waals surface area contributed by atoms with Gasteiger partial charge in [0.25, 0.3) is 0 Å². The molecule has 2 nitrogen and oxygen atoms in total. The Balaban J connectivity index is 1.94. The van der Waals surface area contributed by atoms with E-state index in [1.165, 1.54) is 12.1 Å². The van der Waals surface area contributed by atoms with Crippen LogP contribution in [0.5, 0.6) is 0 Å². The first-order valence-electron chi connectivity index (χ1n) is 6.54. The molecule has 2 rings (SSSR count). The fraction of sp³-hybridized carbons (Fsp3) is 0.250. The van der Waals surface area contributed by atoms with E-state index in [1.54, 1.807) is 6.07 Å². The van der Waals surface area contributed by atoms with E-state index in [2.05, 4.69) is 0 Å². The molecule has 0 bridgehead atoms. The Bertz CT molecular complexity index is 522. The number of benzene rings is 2. The number of nitrogens with zero attached hydrogens (tertiary/aromatic N) is 1. The van der Waals surface area contributed by atoms with Crippen molar-refractivity contribution in [3.63, 3.8) is 0 Å². The third-order valence-corrected chi connectivity index (χ3v) is 3.54. The predicted molar refractivity (Wildman–Crippen MR) is 82.7 cm³/mol. The number of anilines is 1. The normalized spacial score (nSPS) is 12.2. The Labute approximate surface area is 124 Å². The van der Waals surface area contributed by atoms with Gasteiger partial charge in [-0.2, -0.15) is 0 Å². The third-order valence-electron chi connectivity index (χ3n) is 3.30. The van der Waals surface area contributed by atoms with Gasteiger partial charge >= 0.3 is 0 Å². The molecule has 0 saturated carbocycles. The lowest BCUT2D eigenvalue weighted by Crippen LogP contribution is -2.23. The minimum absolute atomic E-state index is 0.0790. The minimum atomic E-state index is -0.228. The predicted octanol–water partition coefficient (Wildman–Crippen LogP) is 4.01. The van der Waals surface area contributed by atoms with Gasteiger partial charge in [0.05, 0.1) is 0 Å². The maximum atomic E-state index is 13.2. The SMILES string of the molecule is CN(CCC(N)c1cccc(Cl)c1)c1cccc(F)c1. The van der Waals surface area contributed by atoms with Crippen molar-refractivity contribution in [3.05, 3.63) is 64.9 Å². The molecule has 0 saturated heterocycles. The van der Waals surface area contributed by atoms with E-state index in [1.807, 2.05) is 42.3 Å². The van der Waals surface area contributed by atoms with E-state index >= 15 is 0 Å². The summed E-state index contributed by atoms with van der Waals surface area (Å²) in [5.74, 6) is -0.228. The van der Waals surface area contributed by atoms with Gasteiger partial charge in [-0.05, 0) is 42.3 Å². The lowest BCUT2D eigenvalue weighted by molar-refractivity contribution is 0.623. The molecule has 0 amide bonds. The van der Waals surface area contributed by atoms with Crippen molar-refractivity contribution < 1.29 is 4.39 Å². The summed E-state index contributed by atoms with van der Waals surface area (Å²) in [5, 5.41) is 0.691. The maximum absolute atomic E-state index is 13.2. The standard InChI is InChI=1S/C16H18ClFN2/c1-20(15-7-3-6-14(18)11-15)9-8-16(19)12-4-2-5-13(17)10-12/h2-7,10-11,16H,8-9,19H2,1H3. The molecule has 2 aromatic rings. The lowest BCUT2D eigenvalue weighted by atomic mass is 10.0. The van der Waals surface area contributed by atoms with E-state index in [4.69, 9.17) is 17.3 Å². The highest BCUT2D eigenvalue weighted by molar-refractivity contribution is 6.30. The zero-order valence-corrected chi connectivity index (χ0v) is 12.1. The summed E-state index contributed by atoms with van der Waals surface area (Å²) in [4.78, 5) is 1.99. The molecule has 0 aliphatic rings. The highest BCUT2D eigenvalue weighted by Gasteiger charge is 2.09. The highest BCUT2D eigenvalue weighted by Crippen LogP contribution is 2.20. The van der Waals surface area contributed by atoms with Crippen molar-refractivity contribution in [2.75, 3.05) is 18.5 Å². The van der Waals surface area contributed by atoms with Crippen molar-refractivity contribution >= 4 is 17.3 Å². The second-order valence-corrected chi connectivity index (χ2v) is 5.29. The van der Waals surface area contributed by atoms with E-state index in [0.29, 0.717) is 5.02 Å². The van der Waals surface area contributed by atoms with Gasteiger partial charge < -0.3 is 10.6 Å². The monoisotopic (exact) mass is 292 g/mol. The van der Waals surface area contributed by atoms with Gasteiger partial charge in [0.1, 0.15) is 5.82 Å². The van der Waals surface area contributed by atoms with E-state index in [-0.39, 0.29) is 11.9 Å². The van der Waals surface area contributed by atoms with Crippen LogP contribution in [0.3, 0.4) is 0 Å². The molecule has 0 aromatic heterocycles. The molecule has 2 N–H and O–H groups in total. The van der Waals surface area contributed by atoms with Crippen LogP contribution in [0.15, 0.2) is 48.5 Å². The molecule has 1 atom stereocenters. The lowest BCUT2D eigenvalue weighted by Gasteiger charge is -2.21. The van der Waals surface area contributed by atoms with Crippen LogP contribution >= 0.6 is 11.6 Å². The quantitative estimate of drug-likeness (QED) is 0.902. The Morgan fingerprint density at radius 3 is 2.65 bits per heavy atom. The molecule has 0 fully saturated rings. The molecule has 0 aliphatic carbocycles. The molecular weight excluding hydrogens is 275 g/mol. The second kappa shape index (κ2) is 6.73. The van der Waals surface area contributed by atoms with E-state index in [0.717, 1.165) is 24.2 Å². The molecule has 106 valence electrons. The van der Waals surface area contributed by atoms with Crippen molar-refractivity contribution in [3.8, 4) is 0 Å². The fourth-order valence-corrected chi connectivity index (χ4v) is 2.28. The Hall–Kier alpha value is -1.58. The van der Waals surface area contributed by atoms with Crippen molar-refractivity contribution in [2.24, 2.45) is 5.73 Å². The summed E-state index contributed by atoms with van der Waals surface area (Å²) in [5.41, 5.74) is 8.03. The molecule has 1 unspecified atom stereocenters. The van der Waals surface area contributed by atoms with Crippen LogP contribution in [-0.2, 0) is 0 Å². The third kappa shape index (κ3) is 3.95. The summed E-state index contributed by atoms with van der Waals surface area (Å²) < 4.78 is 13.2. The van der Waals surface area contributed by atoms with Gasteiger partial charge in [-0.1, -0.05) is 29.8 Å². The Kier molecular flexibility index (Phi) is 4.99. The Morgan fingerprint density at radius 1 is 1.20 bits per heavy atom.